The number of hydrogen-bond acceptors (Lipinski definition) is 7. The van der Waals surface area contributed by atoms with Crippen LogP contribution in [-0.4, -0.2) is 47.0 Å². The summed E-state index contributed by atoms with van der Waals surface area (Å²) < 4.78 is 42.4. The molecule has 2 aromatic heterocycles. The lowest BCUT2D eigenvalue weighted by atomic mass is 10.3. The summed E-state index contributed by atoms with van der Waals surface area (Å²) in [6, 6.07) is 2.24. The van der Waals surface area contributed by atoms with Crippen molar-refractivity contribution in [1.29, 1.82) is 0 Å². The van der Waals surface area contributed by atoms with Crippen molar-refractivity contribution in [3.05, 3.63) is 41.3 Å². The summed E-state index contributed by atoms with van der Waals surface area (Å²) >= 11 is 5.67. The number of nitrogens with zero attached hydrogens (tertiary/aromatic N) is 4. The van der Waals surface area contributed by atoms with Crippen LogP contribution in [-0.2, 0) is 20.5 Å². The molecule has 12 heteroatoms. The molecule has 2 rings (SSSR count). The van der Waals surface area contributed by atoms with Gasteiger partial charge in [-0.05, 0) is 12.1 Å². The van der Waals surface area contributed by atoms with Gasteiger partial charge in [0.1, 0.15) is 6.54 Å². The summed E-state index contributed by atoms with van der Waals surface area (Å²) in [6.45, 7) is -0.877. The molecule has 27 heavy (non-hydrogen) atoms. The van der Waals surface area contributed by atoms with Crippen LogP contribution in [0.15, 0.2) is 30.7 Å². The van der Waals surface area contributed by atoms with E-state index in [1.54, 1.807) is 13.1 Å². The van der Waals surface area contributed by atoms with Crippen molar-refractivity contribution in [2.75, 3.05) is 30.4 Å². The number of carbonyl (C=O) groups is 2. The van der Waals surface area contributed by atoms with Crippen LogP contribution in [0.5, 0.6) is 0 Å². The Morgan fingerprint density at radius 3 is 2.52 bits per heavy atom. The Hall–Kier alpha value is -2.95. The van der Waals surface area contributed by atoms with Crippen LogP contribution in [0.25, 0.3) is 0 Å². The van der Waals surface area contributed by atoms with Gasteiger partial charge in [0.05, 0.1) is 10.6 Å². The van der Waals surface area contributed by atoms with E-state index in [2.05, 4.69) is 20.3 Å². The van der Waals surface area contributed by atoms with Gasteiger partial charge in [0, 0.05) is 25.6 Å². The zero-order valence-electron chi connectivity index (χ0n) is 13.8. The zero-order valence-corrected chi connectivity index (χ0v) is 14.6. The Bertz CT molecular complexity index is 820. The molecule has 0 atom stereocenters. The maximum absolute atomic E-state index is 12.5. The third-order valence-corrected chi connectivity index (χ3v) is 3.34. The SMILES string of the molecule is CN(CC(=O)OCC(=O)Nc1ncc(C(F)(F)F)cc1Cl)c1ncccn1. The number of halogens is 4. The Balaban J connectivity index is 1.85. The molecule has 1 amide bonds. The number of likely N-dealkylation sites (N-methyl/N-ethyl adjacent to an activating group) is 1. The second-order valence-electron chi connectivity index (χ2n) is 5.17. The van der Waals surface area contributed by atoms with E-state index in [-0.39, 0.29) is 12.4 Å². The van der Waals surface area contributed by atoms with Gasteiger partial charge >= 0.3 is 12.1 Å². The third kappa shape index (κ3) is 6.06. The number of nitrogens with one attached hydrogen (secondary N) is 1. The first-order valence-electron chi connectivity index (χ1n) is 7.33. The second-order valence-corrected chi connectivity index (χ2v) is 5.57. The predicted molar refractivity (Wildman–Crippen MR) is 89.1 cm³/mol. The summed E-state index contributed by atoms with van der Waals surface area (Å²) in [7, 11) is 1.56. The first kappa shape index (κ1) is 20.4. The molecule has 0 fully saturated rings. The minimum Gasteiger partial charge on any atom is -0.454 e. The van der Waals surface area contributed by atoms with Gasteiger partial charge in [0.25, 0.3) is 5.91 Å². The molecule has 0 saturated heterocycles. The molecule has 2 heterocycles. The Morgan fingerprint density at radius 2 is 1.93 bits per heavy atom. The number of carbonyl (C=O) groups excluding carboxylic acids is 2. The number of pyridine rings is 1. The van der Waals surface area contributed by atoms with E-state index in [1.807, 2.05) is 0 Å². The van der Waals surface area contributed by atoms with Crippen molar-refractivity contribution in [3.63, 3.8) is 0 Å². The monoisotopic (exact) mass is 403 g/mol. The van der Waals surface area contributed by atoms with E-state index < -0.39 is 35.2 Å². The topological polar surface area (TPSA) is 97.3 Å². The van der Waals surface area contributed by atoms with Crippen LogP contribution in [0.1, 0.15) is 5.56 Å². The molecule has 1 N–H and O–H groups in total. The van der Waals surface area contributed by atoms with Gasteiger partial charge in [-0.2, -0.15) is 13.2 Å². The van der Waals surface area contributed by atoms with E-state index in [0.717, 1.165) is 0 Å². The van der Waals surface area contributed by atoms with Gasteiger partial charge in [-0.15, -0.1) is 0 Å². The van der Waals surface area contributed by atoms with Gasteiger partial charge in [0.15, 0.2) is 12.4 Å². The number of esters is 1. The average Bonchev–Trinajstić information content (AvgIpc) is 2.61. The van der Waals surface area contributed by atoms with E-state index in [9.17, 15) is 22.8 Å². The van der Waals surface area contributed by atoms with Crippen molar-refractivity contribution < 1.29 is 27.5 Å². The number of ether oxygens (including phenoxy) is 1. The standard InChI is InChI=1S/C15H13ClF3N5O3/c1-24(14-20-3-2-4-21-14)7-12(26)27-8-11(25)23-13-10(16)5-9(6-22-13)15(17,18)19/h2-6H,7-8H2,1H3,(H,22,23,25). The van der Waals surface area contributed by atoms with Gasteiger partial charge in [-0.25, -0.2) is 15.0 Å². The van der Waals surface area contributed by atoms with Crippen molar-refractivity contribution in [2.24, 2.45) is 0 Å². The number of anilines is 2. The lowest BCUT2D eigenvalue weighted by molar-refractivity contribution is -0.145. The molecule has 0 aliphatic carbocycles. The zero-order chi connectivity index (χ0) is 20.0. The molecule has 0 saturated carbocycles. The minimum absolute atomic E-state index is 0.212. The Morgan fingerprint density at radius 1 is 1.26 bits per heavy atom. The maximum atomic E-state index is 12.5. The van der Waals surface area contributed by atoms with Gasteiger partial charge in [-0.3, -0.25) is 9.59 Å². The van der Waals surface area contributed by atoms with E-state index >= 15 is 0 Å². The predicted octanol–water partition coefficient (Wildman–Crippen LogP) is 2.16. The Labute approximate surface area is 156 Å². The molecule has 8 nitrogen and oxygen atoms in total. The van der Waals surface area contributed by atoms with Crippen molar-refractivity contribution in [3.8, 4) is 0 Å². The lowest BCUT2D eigenvalue weighted by Gasteiger charge is -2.15. The fourth-order valence-electron chi connectivity index (χ4n) is 1.80. The highest BCUT2D eigenvalue weighted by Gasteiger charge is 2.31. The van der Waals surface area contributed by atoms with Crippen LogP contribution >= 0.6 is 11.6 Å². The van der Waals surface area contributed by atoms with Crippen molar-refractivity contribution >= 4 is 35.2 Å². The molecular formula is C15H13ClF3N5O3. The van der Waals surface area contributed by atoms with Gasteiger partial charge < -0.3 is 15.0 Å². The quantitative estimate of drug-likeness (QED) is 0.738. The fourth-order valence-corrected chi connectivity index (χ4v) is 2.01. The molecule has 2 aromatic rings. The summed E-state index contributed by atoms with van der Waals surface area (Å²) in [6.07, 6.45) is -1.08. The summed E-state index contributed by atoms with van der Waals surface area (Å²) in [5.41, 5.74) is -1.05. The van der Waals surface area contributed by atoms with Crippen molar-refractivity contribution in [1.82, 2.24) is 15.0 Å². The van der Waals surface area contributed by atoms with Gasteiger partial charge in [-0.1, -0.05) is 11.6 Å². The number of hydrogen-bond donors (Lipinski definition) is 1. The molecule has 0 aliphatic rings. The molecule has 0 aromatic carbocycles. The third-order valence-electron chi connectivity index (χ3n) is 3.05. The highest BCUT2D eigenvalue weighted by molar-refractivity contribution is 6.33. The molecule has 144 valence electrons. The van der Waals surface area contributed by atoms with E-state index in [1.165, 1.54) is 17.3 Å². The van der Waals surface area contributed by atoms with Crippen LogP contribution in [0.4, 0.5) is 24.9 Å². The smallest absolute Gasteiger partial charge is 0.417 e. The van der Waals surface area contributed by atoms with Crippen LogP contribution in [0.2, 0.25) is 5.02 Å². The Kier molecular flexibility index (Phi) is 6.50. The summed E-state index contributed by atoms with van der Waals surface area (Å²) in [5, 5.41) is 1.77. The highest BCUT2D eigenvalue weighted by Crippen LogP contribution is 2.32. The van der Waals surface area contributed by atoms with Crippen LogP contribution < -0.4 is 10.2 Å². The number of rotatable bonds is 6. The molecule has 0 aliphatic heterocycles. The van der Waals surface area contributed by atoms with Crippen LogP contribution in [0, 0.1) is 0 Å². The number of aromatic nitrogens is 3. The molecular weight excluding hydrogens is 391 g/mol. The number of alkyl halides is 3. The molecule has 0 unspecified atom stereocenters. The lowest BCUT2D eigenvalue weighted by Crippen LogP contribution is -2.30. The van der Waals surface area contributed by atoms with E-state index in [0.29, 0.717) is 18.2 Å². The largest absolute Gasteiger partial charge is 0.454 e. The molecule has 0 radical (unpaired) electrons. The molecule has 0 spiro atoms. The molecule has 0 bridgehead atoms. The fraction of sp³-hybridized carbons (Fsp3) is 0.267. The van der Waals surface area contributed by atoms with E-state index in [4.69, 9.17) is 16.3 Å². The highest BCUT2D eigenvalue weighted by atomic mass is 35.5. The first-order chi connectivity index (χ1) is 12.7. The summed E-state index contributed by atoms with van der Waals surface area (Å²) in [5.74, 6) is -1.53. The first-order valence-corrected chi connectivity index (χ1v) is 7.71. The maximum Gasteiger partial charge on any atom is 0.417 e. The van der Waals surface area contributed by atoms with Crippen LogP contribution in [0.3, 0.4) is 0 Å². The van der Waals surface area contributed by atoms with Gasteiger partial charge in [0.2, 0.25) is 5.95 Å². The normalized spacial score (nSPS) is 11.0. The second kappa shape index (κ2) is 8.62. The minimum atomic E-state index is -4.61. The average molecular weight is 404 g/mol. The summed E-state index contributed by atoms with van der Waals surface area (Å²) in [4.78, 5) is 36.2. The van der Waals surface area contributed by atoms with Crippen molar-refractivity contribution in [2.45, 2.75) is 6.18 Å². The number of amides is 1.